The maximum Gasteiger partial charge on any atom is 0.251 e. The molecule has 0 aliphatic heterocycles. The van der Waals surface area contributed by atoms with Crippen LogP contribution >= 0.6 is 0 Å². The van der Waals surface area contributed by atoms with Gasteiger partial charge in [0.2, 0.25) is 11.8 Å². The van der Waals surface area contributed by atoms with E-state index >= 15 is 0 Å². The Kier molecular flexibility index (Phi) is 8.16. The van der Waals surface area contributed by atoms with E-state index in [2.05, 4.69) is 36.7 Å². The Morgan fingerprint density at radius 1 is 0.867 bits per heavy atom. The first-order valence-corrected chi connectivity index (χ1v) is 10.2. The second-order valence-corrected chi connectivity index (χ2v) is 8.17. The Morgan fingerprint density at radius 3 is 2.17 bits per heavy atom. The van der Waals surface area contributed by atoms with Crippen molar-refractivity contribution < 1.29 is 14.4 Å². The van der Waals surface area contributed by atoms with Gasteiger partial charge in [-0.25, -0.2) is 0 Å². The van der Waals surface area contributed by atoms with Crippen molar-refractivity contribution in [3.63, 3.8) is 0 Å². The number of nitrogens with one attached hydrogen (secondary N) is 3. The summed E-state index contributed by atoms with van der Waals surface area (Å²) in [5.74, 6) is -0.804. The fourth-order valence-corrected chi connectivity index (χ4v) is 2.93. The molecule has 2 aromatic rings. The Hall–Kier alpha value is -3.15. The van der Waals surface area contributed by atoms with Gasteiger partial charge in [-0.1, -0.05) is 58.0 Å². The largest absolute Gasteiger partial charge is 0.352 e. The summed E-state index contributed by atoms with van der Waals surface area (Å²) in [4.78, 5) is 36.2. The number of amides is 3. The summed E-state index contributed by atoms with van der Waals surface area (Å²) in [6, 6.07) is 15.0. The van der Waals surface area contributed by atoms with E-state index in [0.717, 1.165) is 23.2 Å². The Morgan fingerprint density at radius 2 is 1.53 bits per heavy atom. The zero-order valence-electron chi connectivity index (χ0n) is 18.2. The van der Waals surface area contributed by atoms with Crippen molar-refractivity contribution in [1.29, 1.82) is 0 Å². The van der Waals surface area contributed by atoms with Crippen molar-refractivity contribution in [3.8, 4) is 0 Å². The van der Waals surface area contributed by atoms with Crippen LogP contribution in [0.15, 0.2) is 48.5 Å². The molecule has 2 rings (SSSR count). The van der Waals surface area contributed by atoms with Gasteiger partial charge in [0.05, 0.1) is 6.54 Å². The highest BCUT2D eigenvalue weighted by Gasteiger charge is 2.14. The van der Waals surface area contributed by atoms with Crippen LogP contribution in [-0.4, -0.2) is 30.8 Å². The average Bonchev–Trinajstić information content (AvgIpc) is 2.72. The van der Waals surface area contributed by atoms with Crippen LogP contribution in [-0.2, 0) is 21.4 Å². The molecule has 30 heavy (non-hydrogen) atoms. The van der Waals surface area contributed by atoms with E-state index in [1.807, 2.05) is 43.3 Å². The maximum absolute atomic E-state index is 12.2. The number of rotatable bonds is 8. The maximum atomic E-state index is 12.2. The molecule has 0 aliphatic rings. The zero-order valence-corrected chi connectivity index (χ0v) is 18.2. The smallest absolute Gasteiger partial charge is 0.251 e. The summed E-state index contributed by atoms with van der Waals surface area (Å²) >= 11 is 0. The van der Waals surface area contributed by atoms with E-state index in [0.29, 0.717) is 5.56 Å². The summed E-state index contributed by atoms with van der Waals surface area (Å²) < 4.78 is 0. The number of para-hydroxylation sites is 1. The molecule has 3 amide bonds. The molecule has 0 saturated heterocycles. The first-order chi connectivity index (χ1) is 14.2. The van der Waals surface area contributed by atoms with Gasteiger partial charge in [0.1, 0.15) is 0 Å². The van der Waals surface area contributed by atoms with Crippen LogP contribution in [0, 0.1) is 0 Å². The van der Waals surface area contributed by atoms with Crippen molar-refractivity contribution in [2.24, 2.45) is 0 Å². The third-order valence-corrected chi connectivity index (χ3v) is 4.77. The van der Waals surface area contributed by atoms with Crippen molar-refractivity contribution in [1.82, 2.24) is 10.6 Å². The summed E-state index contributed by atoms with van der Waals surface area (Å²) in [6.45, 7) is 8.45. The van der Waals surface area contributed by atoms with E-state index in [1.54, 1.807) is 12.1 Å². The molecule has 6 heteroatoms. The molecule has 0 aromatic heterocycles. The van der Waals surface area contributed by atoms with Crippen LogP contribution < -0.4 is 16.0 Å². The molecule has 2 aromatic carbocycles. The average molecular weight is 410 g/mol. The van der Waals surface area contributed by atoms with E-state index in [4.69, 9.17) is 0 Å². The Labute approximate surface area is 178 Å². The Bertz CT molecular complexity index is 883. The summed E-state index contributed by atoms with van der Waals surface area (Å²) in [5.41, 5.74) is 3.52. The fourth-order valence-electron chi connectivity index (χ4n) is 2.93. The highest BCUT2D eigenvalue weighted by Crippen LogP contribution is 2.22. The molecule has 160 valence electrons. The second-order valence-electron chi connectivity index (χ2n) is 8.17. The number of carbonyl (C=O) groups excluding carboxylic acids is 3. The van der Waals surface area contributed by atoms with Gasteiger partial charge >= 0.3 is 0 Å². The lowest BCUT2D eigenvalue weighted by Gasteiger charge is -2.19. The SMILES string of the molecule is CCc1ccccc1NC(=O)CNC(=O)CCNC(=O)c1ccc(C(C)(C)C)cc1. The summed E-state index contributed by atoms with van der Waals surface area (Å²) in [7, 11) is 0. The van der Waals surface area contributed by atoms with E-state index in [1.165, 1.54) is 0 Å². The molecule has 0 aliphatic carbocycles. The van der Waals surface area contributed by atoms with Crippen LogP contribution in [0.2, 0.25) is 0 Å². The van der Waals surface area contributed by atoms with Crippen LogP contribution in [0.3, 0.4) is 0 Å². The molecule has 6 nitrogen and oxygen atoms in total. The van der Waals surface area contributed by atoms with Crippen molar-refractivity contribution in [2.45, 2.75) is 46.0 Å². The van der Waals surface area contributed by atoms with Gasteiger partial charge in [-0.05, 0) is 41.2 Å². The van der Waals surface area contributed by atoms with Gasteiger partial charge in [0.15, 0.2) is 0 Å². The first-order valence-electron chi connectivity index (χ1n) is 10.2. The van der Waals surface area contributed by atoms with Gasteiger partial charge in [0, 0.05) is 24.2 Å². The molecule has 0 saturated carbocycles. The minimum atomic E-state index is -0.294. The predicted octanol–water partition coefficient (Wildman–Crippen LogP) is 3.42. The molecule has 0 spiro atoms. The van der Waals surface area contributed by atoms with Gasteiger partial charge in [-0.15, -0.1) is 0 Å². The van der Waals surface area contributed by atoms with Crippen molar-refractivity contribution in [3.05, 3.63) is 65.2 Å². The molecule has 0 bridgehead atoms. The van der Waals surface area contributed by atoms with Gasteiger partial charge in [0.25, 0.3) is 5.91 Å². The lowest BCUT2D eigenvalue weighted by Crippen LogP contribution is -2.35. The molecule has 0 atom stereocenters. The summed E-state index contributed by atoms with van der Waals surface area (Å²) in [5, 5.41) is 8.11. The number of hydrogen-bond donors (Lipinski definition) is 3. The molecular weight excluding hydrogens is 378 g/mol. The van der Waals surface area contributed by atoms with E-state index < -0.39 is 0 Å². The molecule has 0 radical (unpaired) electrons. The lowest BCUT2D eigenvalue weighted by molar-refractivity contribution is -0.124. The van der Waals surface area contributed by atoms with Crippen LogP contribution in [0.4, 0.5) is 5.69 Å². The number of aryl methyl sites for hydroxylation is 1. The lowest BCUT2D eigenvalue weighted by atomic mass is 9.87. The van der Waals surface area contributed by atoms with Gasteiger partial charge in [-0.3, -0.25) is 14.4 Å². The van der Waals surface area contributed by atoms with Crippen LogP contribution in [0.25, 0.3) is 0 Å². The van der Waals surface area contributed by atoms with Crippen LogP contribution in [0.5, 0.6) is 0 Å². The molecule has 3 N–H and O–H groups in total. The number of anilines is 1. The van der Waals surface area contributed by atoms with Gasteiger partial charge < -0.3 is 16.0 Å². The second kappa shape index (κ2) is 10.6. The van der Waals surface area contributed by atoms with Crippen molar-refractivity contribution in [2.75, 3.05) is 18.4 Å². The van der Waals surface area contributed by atoms with E-state index in [-0.39, 0.29) is 42.6 Å². The third-order valence-electron chi connectivity index (χ3n) is 4.77. The minimum absolute atomic E-state index is 0.0258. The topological polar surface area (TPSA) is 87.3 Å². The monoisotopic (exact) mass is 409 g/mol. The zero-order chi connectivity index (χ0) is 22.1. The van der Waals surface area contributed by atoms with Crippen LogP contribution in [0.1, 0.15) is 55.6 Å². The Balaban J connectivity index is 1.71. The molecule has 0 unspecified atom stereocenters. The van der Waals surface area contributed by atoms with E-state index in [9.17, 15) is 14.4 Å². The van der Waals surface area contributed by atoms with Gasteiger partial charge in [-0.2, -0.15) is 0 Å². The predicted molar refractivity (Wildman–Crippen MR) is 120 cm³/mol. The highest BCUT2D eigenvalue weighted by molar-refractivity contribution is 5.96. The highest BCUT2D eigenvalue weighted by atomic mass is 16.2. The fraction of sp³-hybridized carbons (Fsp3) is 0.375. The molecule has 0 heterocycles. The number of carbonyl (C=O) groups is 3. The number of benzene rings is 2. The van der Waals surface area contributed by atoms with Crippen molar-refractivity contribution >= 4 is 23.4 Å². The number of hydrogen-bond acceptors (Lipinski definition) is 3. The first kappa shape index (κ1) is 23.1. The molecule has 0 fully saturated rings. The summed E-state index contributed by atoms with van der Waals surface area (Å²) in [6.07, 6.45) is 0.909. The minimum Gasteiger partial charge on any atom is -0.352 e. The molecular formula is C24H31N3O3. The quantitative estimate of drug-likeness (QED) is 0.624. The standard InChI is InChI=1S/C24H31N3O3/c1-5-17-8-6-7-9-20(17)27-22(29)16-26-21(28)14-15-25-23(30)18-10-12-19(13-11-18)24(2,3)4/h6-13H,5,14-16H2,1-4H3,(H,25,30)(H,26,28)(H,27,29). The third kappa shape index (κ3) is 7.03. The normalized spacial score (nSPS) is 10.9.